The zero-order chi connectivity index (χ0) is 14.4. The summed E-state index contributed by atoms with van der Waals surface area (Å²) in [5.74, 6) is 0.277. The maximum atomic E-state index is 13.7. The largest absolute Gasteiger partial charge is 0.315 e. The second-order valence-electron chi connectivity index (χ2n) is 4.06. The predicted molar refractivity (Wildman–Crippen MR) is 80.0 cm³/mol. The smallest absolute Gasteiger partial charge is 0.209 e. The molecule has 0 aliphatic heterocycles. The van der Waals surface area contributed by atoms with E-state index in [0.29, 0.717) is 23.0 Å². The van der Waals surface area contributed by atoms with Gasteiger partial charge in [0.1, 0.15) is 5.82 Å². The maximum absolute atomic E-state index is 13.7. The third-order valence-corrected chi connectivity index (χ3v) is 4.12. The molecule has 8 heteroatoms. The van der Waals surface area contributed by atoms with Crippen LogP contribution in [0.4, 0.5) is 4.39 Å². The van der Waals surface area contributed by atoms with Crippen LogP contribution >= 0.6 is 27.7 Å². The highest BCUT2D eigenvalue weighted by Gasteiger charge is 2.09. The van der Waals surface area contributed by atoms with E-state index in [-0.39, 0.29) is 5.82 Å². The van der Waals surface area contributed by atoms with E-state index in [0.717, 1.165) is 17.6 Å². The molecule has 0 saturated carbocycles. The zero-order valence-corrected chi connectivity index (χ0v) is 13.4. The SMILES string of the molecule is CCNCCn1nnnc1SCc1ccc(Br)cc1F. The van der Waals surface area contributed by atoms with E-state index < -0.39 is 0 Å². The molecule has 0 aliphatic rings. The van der Waals surface area contributed by atoms with Crippen molar-refractivity contribution in [3.05, 3.63) is 34.1 Å². The predicted octanol–water partition coefficient (Wildman–Crippen LogP) is 2.48. The molecule has 0 spiro atoms. The average molecular weight is 360 g/mol. The molecule has 0 radical (unpaired) electrons. The highest BCUT2D eigenvalue weighted by Crippen LogP contribution is 2.23. The summed E-state index contributed by atoms with van der Waals surface area (Å²) in [6, 6.07) is 5.05. The molecule has 0 amide bonds. The molecule has 0 fully saturated rings. The summed E-state index contributed by atoms with van der Waals surface area (Å²) < 4.78 is 16.2. The molecule has 5 nitrogen and oxygen atoms in total. The summed E-state index contributed by atoms with van der Waals surface area (Å²) >= 11 is 4.67. The van der Waals surface area contributed by atoms with Crippen molar-refractivity contribution >= 4 is 27.7 Å². The molecule has 1 heterocycles. The van der Waals surface area contributed by atoms with Gasteiger partial charge in [0.25, 0.3) is 0 Å². The van der Waals surface area contributed by atoms with Crippen LogP contribution in [-0.4, -0.2) is 33.3 Å². The fraction of sp³-hybridized carbons (Fsp3) is 0.417. The van der Waals surface area contributed by atoms with E-state index in [9.17, 15) is 4.39 Å². The minimum Gasteiger partial charge on any atom is -0.315 e. The lowest BCUT2D eigenvalue weighted by molar-refractivity contribution is 0.517. The Morgan fingerprint density at radius 2 is 2.30 bits per heavy atom. The van der Waals surface area contributed by atoms with Crippen LogP contribution in [0.15, 0.2) is 27.8 Å². The molecule has 0 unspecified atom stereocenters. The van der Waals surface area contributed by atoms with Gasteiger partial charge in [0.05, 0.1) is 6.54 Å². The summed E-state index contributed by atoms with van der Waals surface area (Å²) in [5.41, 5.74) is 0.638. The first-order valence-corrected chi connectivity index (χ1v) is 8.02. The van der Waals surface area contributed by atoms with Crippen LogP contribution in [0.3, 0.4) is 0 Å². The number of aromatic nitrogens is 4. The van der Waals surface area contributed by atoms with Crippen molar-refractivity contribution in [3.8, 4) is 0 Å². The van der Waals surface area contributed by atoms with Gasteiger partial charge >= 0.3 is 0 Å². The van der Waals surface area contributed by atoms with Gasteiger partial charge in [-0.05, 0) is 34.7 Å². The minimum absolute atomic E-state index is 0.224. The molecule has 2 rings (SSSR count). The molecule has 1 aromatic heterocycles. The van der Waals surface area contributed by atoms with Crippen LogP contribution < -0.4 is 5.32 Å². The van der Waals surface area contributed by atoms with E-state index in [2.05, 4.69) is 36.8 Å². The molecule has 1 aromatic carbocycles. The minimum atomic E-state index is -0.224. The number of nitrogens with zero attached hydrogens (tertiary/aromatic N) is 4. The van der Waals surface area contributed by atoms with Gasteiger partial charge in [0.2, 0.25) is 5.16 Å². The van der Waals surface area contributed by atoms with E-state index in [4.69, 9.17) is 0 Å². The first-order chi connectivity index (χ1) is 9.70. The molecule has 0 atom stereocenters. The Morgan fingerprint density at radius 1 is 1.45 bits per heavy atom. The van der Waals surface area contributed by atoms with Crippen LogP contribution in [-0.2, 0) is 12.3 Å². The van der Waals surface area contributed by atoms with Crippen molar-refractivity contribution in [2.75, 3.05) is 13.1 Å². The van der Waals surface area contributed by atoms with Crippen LogP contribution in [0.25, 0.3) is 0 Å². The van der Waals surface area contributed by atoms with Gasteiger partial charge in [-0.15, -0.1) is 5.10 Å². The van der Waals surface area contributed by atoms with Crippen molar-refractivity contribution in [3.63, 3.8) is 0 Å². The van der Waals surface area contributed by atoms with Crippen molar-refractivity contribution < 1.29 is 4.39 Å². The standard InChI is InChI=1S/C12H15BrFN5S/c1-2-15-5-6-19-12(16-17-18-19)20-8-9-3-4-10(13)7-11(9)14/h3-4,7,15H,2,5-6,8H2,1H3. The van der Waals surface area contributed by atoms with Crippen molar-refractivity contribution in [1.29, 1.82) is 0 Å². The monoisotopic (exact) mass is 359 g/mol. The normalized spacial score (nSPS) is 10.9. The average Bonchev–Trinajstić information content (AvgIpc) is 2.86. The number of nitrogens with one attached hydrogen (secondary N) is 1. The Hall–Kier alpha value is -0.990. The van der Waals surface area contributed by atoms with Crippen molar-refractivity contribution in [1.82, 2.24) is 25.5 Å². The maximum Gasteiger partial charge on any atom is 0.209 e. The number of tetrazole rings is 1. The lowest BCUT2D eigenvalue weighted by atomic mass is 10.2. The first-order valence-electron chi connectivity index (χ1n) is 6.24. The molecule has 0 aliphatic carbocycles. The van der Waals surface area contributed by atoms with Gasteiger partial charge in [0.15, 0.2) is 0 Å². The van der Waals surface area contributed by atoms with Gasteiger partial charge in [0, 0.05) is 16.8 Å². The lowest BCUT2D eigenvalue weighted by Gasteiger charge is -2.05. The number of hydrogen-bond acceptors (Lipinski definition) is 5. The lowest BCUT2D eigenvalue weighted by Crippen LogP contribution is -2.20. The third kappa shape index (κ3) is 4.26. The number of benzene rings is 1. The Morgan fingerprint density at radius 3 is 3.05 bits per heavy atom. The van der Waals surface area contributed by atoms with Crippen LogP contribution in [0.1, 0.15) is 12.5 Å². The summed E-state index contributed by atoms with van der Waals surface area (Å²) in [6.45, 7) is 4.47. The molecular weight excluding hydrogens is 345 g/mol. The molecule has 20 heavy (non-hydrogen) atoms. The molecule has 0 saturated heterocycles. The Labute approximate surface area is 129 Å². The van der Waals surface area contributed by atoms with E-state index >= 15 is 0 Å². The summed E-state index contributed by atoms with van der Waals surface area (Å²) in [5, 5.41) is 15.5. The Kier molecular flexibility index (Phi) is 5.93. The second kappa shape index (κ2) is 7.70. The first kappa shape index (κ1) is 15.4. The van der Waals surface area contributed by atoms with Crippen LogP contribution in [0.5, 0.6) is 0 Å². The summed E-state index contributed by atoms with van der Waals surface area (Å²) in [6.07, 6.45) is 0. The third-order valence-electron chi connectivity index (χ3n) is 2.62. The van der Waals surface area contributed by atoms with Crippen LogP contribution in [0, 0.1) is 5.82 Å². The van der Waals surface area contributed by atoms with E-state index in [1.165, 1.54) is 17.8 Å². The van der Waals surface area contributed by atoms with Gasteiger partial charge < -0.3 is 5.32 Å². The summed E-state index contributed by atoms with van der Waals surface area (Å²) in [7, 11) is 0. The Balaban J connectivity index is 1.95. The fourth-order valence-corrected chi connectivity index (χ4v) is 2.81. The van der Waals surface area contributed by atoms with Crippen molar-refractivity contribution in [2.45, 2.75) is 24.4 Å². The number of likely N-dealkylation sites (N-methyl/N-ethyl adjacent to an activating group) is 1. The van der Waals surface area contributed by atoms with E-state index in [1.807, 2.05) is 13.0 Å². The highest BCUT2D eigenvalue weighted by atomic mass is 79.9. The van der Waals surface area contributed by atoms with Gasteiger partial charge in [-0.2, -0.15) is 0 Å². The van der Waals surface area contributed by atoms with Crippen LogP contribution in [0.2, 0.25) is 0 Å². The van der Waals surface area contributed by atoms with Gasteiger partial charge in [-0.25, -0.2) is 9.07 Å². The molecular formula is C12H15BrFN5S. The molecule has 0 bridgehead atoms. The Bertz CT molecular complexity index is 563. The molecule has 108 valence electrons. The quantitative estimate of drug-likeness (QED) is 0.607. The van der Waals surface area contributed by atoms with Gasteiger partial charge in [-0.3, -0.25) is 0 Å². The topological polar surface area (TPSA) is 55.6 Å². The summed E-state index contributed by atoms with van der Waals surface area (Å²) in [4.78, 5) is 0. The number of halogens is 2. The number of thioether (sulfide) groups is 1. The number of hydrogen-bond donors (Lipinski definition) is 1. The van der Waals surface area contributed by atoms with Gasteiger partial charge in [-0.1, -0.05) is 40.7 Å². The number of rotatable bonds is 7. The van der Waals surface area contributed by atoms with Crippen molar-refractivity contribution in [2.24, 2.45) is 0 Å². The fourth-order valence-electron chi connectivity index (χ4n) is 1.58. The highest BCUT2D eigenvalue weighted by molar-refractivity contribution is 9.10. The van der Waals surface area contributed by atoms with E-state index in [1.54, 1.807) is 10.7 Å². The second-order valence-corrected chi connectivity index (χ2v) is 5.92. The molecule has 1 N–H and O–H groups in total. The zero-order valence-electron chi connectivity index (χ0n) is 11.0. The molecule has 2 aromatic rings.